The summed E-state index contributed by atoms with van der Waals surface area (Å²) < 4.78 is 0. The van der Waals surface area contributed by atoms with E-state index in [1.165, 1.54) is 44.9 Å². The molecular weight excluding hydrogens is 196 g/mol. The van der Waals surface area contributed by atoms with Crippen LogP contribution in [0.3, 0.4) is 0 Å². The second kappa shape index (κ2) is 5.50. The van der Waals surface area contributed by atoms with Crippen LogP contribution in [0.25, 0.3) is 0 Å². The van der Waals surface area contributed by atoms with Gasteiger partial charge in [-0.3, -0.25) is 4.90 Å². The Labute approximate surface area is 101 Å². The first-order valence-corrected chi connectivity index (χ1v) is 7.21. The highest BCUT2D eigenvalue weighted by atomic mass is 15.2. The van der Waals surface area contributed by atoms with Crippen LogP contribution in [0.5, 0.6) is 0 Å². The molecule has 2 aliphatic heterocycles. The zero-order valence-electron chi connectivity index (χ0n) is 11.2. The number of nitrogens with one attached hydrogen (secondary N) is 1. The summed E-state index contributed by atoms with van der Waals surface area (Å²) >= 11 is 0. The van der Waals surface area contributed by atoms with E-state index in [4.69, 9.17) is 0 Å². The summed E-state index contributed by atoms with van der Waals surface area (Å²) in [5, 5.41) is 3.50. The predicted molar refractivity (Wildman–Crippen MR) is 69.7 cm³/mol. The summed E-state index contributed by atoms with van der Waals surface area (Å²) in [4.78, 5) is 2.86. The Balaban J connectivity index is 2.02. The van der Waals surface area contributed by atoms with Crippen molar-refractivity contribution in [1.29, 1.82) is 0 Å². The molecule has 2 fully saturated rings. The summed E-state index contributed by atoms with van der Waals surface area (Å²) in [6.45, 7) is 4.75. The van der Waals surface area contributed by atoms with Crippen LogP contribution in [0.4, 0.5) is 0 Å². The molecule has 1 N–H and O–H groups in total. The van der Waals surface area contributed by atoms with Crippen LogP contribution in [-0.2, 0) is 0 Å². The molecule has 0 aromatic carbocycles. The molecule has 0 saturated carbocycles. The molecule has 2 nitrogen and oxygen atoms in total. The molecule has 16 heavy (non-hydrogen) atoms. The van der Waals surface area contributed by atoms with Crippen molar-refractivity contribution in [2.45, 2.75) is 83.0 Å². The van der Waals surface area contributed by atoms with E-state index in [0.717, 1.165) is 24.2 Å². The maximum Gasteiger partial charge on any atom is 0.0116 e. The van der Waals surface area contributed by atoms with Gasteiger partial charge in [0.25, 0.3) is 0 Å². The van der Waals surface area contributed by atoms with Crippen LogP contribution in [0.2, 0.25) is 0 Å². The van der Waals surface area contributed by atoms with E-state index in [2.05, 4.69) is 31.1 Å². The molecule has 3 unspecified atom stereocenters. The lowest BCUT2D eigenvalue weighted by atomic mass is 9.80. The van der Waals surface area contributed by atoms with Gasteiger partial charge in [0.1, 0.15) is 0 Å². The number of fused-ring (bicyclic) bond motifs is 2. The Morgan fingerprint density at radius 1 is 1.25 bits per heavy atom. The Kier molecular flexibility index (Phi) is 4.26. The second-order valence-electron chi connectivity index (χ2n) is 5.78. The van der Waals surface area contributed by atoms with Gasteiger partial charge < -0.3 is 5.32 Å². The van der Waals surface area contributed by atoms with Crippen molar-refractivity contribution in [1.82, 2.24) is 10.2 Å². The molecule has 0 spiro atoms. The lowest BCUT2D eigenvalue weighted by Gasteiger charge is -2.51. The molecule has 2 bridgehead atoms. The zero-order chi connectivity index (χ0) is 11.5. The number of nitrogens with zero attached hydrogens (tertiary/aromatic N) is 1. The third kappa shape index (κ3) is 2.43. The smallest absolute Gasteiger partial charge is 0.0116 e. The van der Waals surface area contributed by atoms with Gasteiger partial charge in [0.2, 0.25) is 0 Å². The number of hydrogen-bond acceptors (Lipinski definition) is 2. The molecule has 2 rings (SSSR count). The van der Waals surface area contributed by atoms with Gasteiger partial charge in [-0.1, -0.05) is 19.8 Å². The van der Waals surface area contributed by atoms with Crippen molar-refractivity contribution in [3.05, 3.63) is 0 Å². The van der Waals surface area contributed by atoms with E-state index >= 15 is 0 Å². The monoisotopic (exact) mass is 224 g/mol. The van der Waals surface area contributed by atoms with Crippen LogP contribution in [-0.4, -0.2) is 36.1 Å². The minimum atomic E-state index is 0.778. The van der Waals surface area contributed by atoms with Crippen LogP contribution < -0.4 is 5.32 Å². The summed E-state index contributed by atoms with van der Waals surface area (Å²) in [7, 11) is 2.13. The van der Waals surface area contributed by atoms with E-state index in [1.807, 2.05) is 0 Å². The van der Waals surface area contributed by atoms with Gasteiger partial charge >= 0.3 is 0 Å². The van der Waals surface area contributed by atoms with E-state index in [1.54, 1.807) is 0 Å². The van der Waals surface area contributed by atoms with Crippen molar-refractivity contribution in [2.75, 3.05) is 7.05 Å². The minimum absolute atomic E-state index is 0.778. The molecule has 0 aliphatic carbocycles. The van der Waals surface area contributed by atoms with E-state index in [0.29, 0.717) is 0 Å². The Bertz CT molecular complexity index is 203. The van der Waals surface area contributed by atoms with Gasteiger partial charge in [-0.05, 0) is 46.1 Å². The molecule has 2 heteroatoms. The Morgan fingerprint density at radius 3 is 2.38 bits per heavy atom. The van der Waals surface area contributed by atoms with Crippen molar-refractivity contribution < 1.29 is 0 Å². The van der Waals surface area contributed by atoms with Gasteiger partial charge in [0.15, 0.2) is 0 Å². The SMILES string of the molecule is CCCC(C)N1C2CCCC1CC(NC)C2. The van der Waals surface area contributed by atoms with Gasteiger partial charge in [-0.2, -0.15) is 0 Å². The highest BCUT2D eigenvalue weighted by Crippen LogP contribution is 2.36. The minimum Gasteiger partial charge on any atom is -0.317 e. The fourth-order valence-corrected chi connectivity index (χ4v) is 3.94. The fraction of sp³-hybridized carbons (Fsp3) is 1.00. The standard InChI is InChI=1S/C14H28N2/c1-4-6-11(2)16-13-7-5-8-14(16)10-12(9-13)15-3/h11-15H,4-10H2,1-3H3. The quantitative estimate of drug-likeness (QED) is 0.790. The van der Waals surface area contributed by atoms with Crippen molar-refractivity contribution >= 4 is 0 Å². The topological polar surface area (TPSA) is 15.3 Å². The maximum atomic E-state index is 3.50. The number of hydrogen-bond donors (Lipinski definition) is 1. The largest absolute Gasteiger partial charge is 0.317 e. The summed E-state index contributed by atoms with van der Waals surface area (Å²) in [6.07, 6.45) is 9.78. The molecule has 0 aromatic heterocycles. The van der Waals surface area contributed by atoms with Crippen molar-refractivity contribution in [3.63, 3.8) is 0 Å². The van der Waals surface area contributed by atoms with Gasteiger partial charge in [0, 0.05) is 24.2 Å². The van der Waals surface area contributed by atoms with Crippen molar-refractivity contribution in [2.24, 2.45) is 0 Å². The average molecular weight is 224 g/mol. The third-order valence-electron chi connectivity index (χ3n) is 4.65. The van der Waals surface area contributed by atoms with Gasteiger partial charge in [-0.25, -0.2) is 0 Å². The van der Waals surface area contributed by atoms with Crippen LogP contribution >= 0.6 is 0 Å². The lowest BCUT2D eigenvalue weighted by Crippen LogP contribution is -2.58. The average Bonchev–Trinajstić information content (AvgIpc) is 2.27. The molecule has 94 valence electrons. The molecule has 2 aliphatic rings. The zero-order valence-corrected chi connectivity index (χ0v) is 11.2. The Hall–Kier alpha value is -0.0800. The highest BCUT2D eigenvalue weighted by molar-refractivity contribution is 4.96. The Morgan fingerprint density at radius 2 is 1.88 bits per heavy atom. The normalized spacial score (nSPS) is 37.3. The highest BCUT2D eigenvalue weighted by Gasteiger charge is 2.39. The van der Waals surface area contributed by atoms with E-state index in [-0.39, 0.29) is 0 Å². The predicted octanol–water partition coefficient (Wildman–Crippen LogP) is 2.78. The van der Waals surface area contributed by atoms with Gasteiger partial charge in [0.05, 0.1) is 0 Å². The number of piperidine rings is 2. The van der Waals surface area contributed by atoms with E-state index in [9.17, 15) is 0 Å². The molecule has 2 saturated heterocycles. The van der Waals surface area contributed by atoms with Crippen LogP contribution in [0.1, 0.15) is 58.8 Å². The first-order chi connectivity index (χ1) is 7.76. The van der Waals surface area contributed by atoms with Crippen LogP contribution in [0.15, 0.2) is 0 Å². The summed E-state index contributed by atoms with van der Waals surface area (Å²) in [6, 6.07) is 3.32. The summed E-state index contributed by atoms with van der Waals surface area (Å²) in [5.41, 5.74) is 0. The molecule has 0 amide bonds. The molecule has 0 radical (unpaired) electrons. The second-order valence-corrected chi connectivity index (χ2v) is 5.78. The molecular formula is C14H28N2. The van der Waals surface area contributed by atoms with E-state index < -0.39 is 0 Å². The van der Waals surface area contributed by atoms with Crippen molar-refractivity contribution in [3.8, 4) is 0 Å². The first-order valence-electron chi connectivity index (χ1n) is 7.21. The van der Waals surface area contributed by atoms with Crippen LogP contribution in [0, 0.1) is 0 Å². The summed E-state index contributed by atoms with van der Waals surface area (Å²) in [5.74, 6) is 0. The molecule has 2 heterocycles. The lowest BCUT2D eigenvalue weighted by molar-refractivity contribution is -0.00680. The molecule has 3 atom stereocenters. The first kappa shape index (κ1) is 12.4. The molecule has 0 aromatic rings. The maximum absolute atomic E-state index is 3.50. The third-order valence-corrected chi connectivity index (χ3v) is 4.65. The number of rotatable bonds is 4. The fourth-order valence-electron chi connectivity index (χ4n) is 3.94. The van der Waals surface area contributed by atoms with Gasteiger partial charge in [-0.15, -0.1) is 0 Å².